The van der Waals surface area contributed by atoms with Crippen molar-refractivity contribution in [2.24, 2.45) is 0 Å². The Labute approximate surface area is 108 Å². The molecule has 1 aromatic carbocycles. The van der Waals surface area contributed by atoms with Crippen molar-refractivity contribution in [1.82, 2.24) is 9.97 Å². The third-order valence-electron chi connectivity index (χ3n) is 2.39. The first-order chi connectivity index (χ1) is 8.95. The van der Waals surface area contributed by atoms with Gasteiger partial charge in [-0.3, -0.25) is 4.79 Å². The van der Waals surface area contributed by atoms with Crippen molar-refractivity contribution >= 4 is 0 Å². The molecule has 0 saturated carbocycles. The molecule has 0 fully saturated rings. The summed E-state index contributed by atoms with van der Waals surface area (Å²) in [6, 6.07) is 3.90. The molecule has 1 heterocycles. The van der Waals surface area contributed by atoms with Crippen molar-refractivity contribution in [1.29, 1.82) is 0 Å². The van der Waals surface area contributed by atoms with Gasteiger partial charge in [0, 0.05) is 12.0 Å². The minimum atomic E-state index is -0.727. The second-order valence-corrected chi connectivity index (χ2v) is 4.30. The summed E-state index contributed by atoms with van der Waals surface area (Å²) in [6.45, 7) is 3.68. The maximum Gasteiger partial charge on any atom is 0.254 e. The lowest BCUT2D eigenvalue weighted by Crippen LogP contribution is -2.12. The Hall–Kier alpha value is -2.24. The third-order valence-corrected chi connectivity index (χ3v) is 2.39. The van der Waals surface area contributed by atoms with E-state index in [9.17, 15) is 13.6 Å². The number of hydrogen-bond donors (Lipinski definition) is 1. The summed E-state index contributed by atoms with van der Waals surface area (Å²) in [5.74, 6) is -1.35. The first-order valence-corrected chi connectivity index (χ1v) is 5.70. The molecule has 0 radical (unpaired) electrons. The number of nitrogens with one attached hydrogen (secondary N) is 1. The SMILES string of the molecule is CC(C)c1nc(Oc2cc(F)ccc2F)cc(=O)[nH]1. The predicted octanol–water partition coefficient (Wildman–Crippen LogP) is 2.96. The summed E-state index contributed by atoms with van der Waals surface area (Å²) in [6.07, 6.45) is 0. The molecular weight excluding hydrogens is 254 g/mol. The Morgan fingerprint density at radius 1 is 1.26 bits per heavy atom. The van der Waals surface area contributed by atoms with Gasteiger partial charge < -0.3 is 9.72 Å². The van der Waals surface area contributed by atoms with E-state index in [0.29, 0.717) is 5.82 Å². The van der Waals surface area contributed by atoms with Crippen LogP contribution in [0.2, 0.25) is 0 Å². The molecule has 1 N–H and O–H groups in total. The van der Waals surface area contributed by atoms with Crippen molar-refractivity contribution in [3.63, 3.8) is 0 Å². The molecule has 0 amide bonds. The Balaban J connectivity index is 2.38. The molecule has 0 saturated heterocycles. The molecule has 2 rings (SSSR count). The molecular formula is C13H12F2N2O2. The molecule has 2 aromatic rings. The molecule has 0 aliphatic carbocycles. The topological polar surface area (TPSA) is 55.0 Å². The molecule has 0 atom stereocenters. The van der Waals surface area contributed by atoms with Gasteiger partial charge in [-0.25, -0.2) is 8.78 Å². The highest BCUT2D eigenvalue weighted by atomic mass is 19.1. The highest BCUT2D eigenvalue weighted by Gasteiger charge is 2.10. The summed E-state index contributed by atoms with van der Waals surface area (Å²) in [5, 5.41) is 0. The lowest BCUT2D eigenvalue weighted by Gasteiger charge is -2.08. The number of rotatable bonds is 3. The van der Waals surface area contributed by atoms with Gasteiger partial charge in [-0.15, -0.1) is 0 Å². The largest absolute Gasteiger partial charge is 0.436 e. The molecule has 0 spiro atoms. The molecule has 100 valence electrons. The number of aromatic amines is 1. The van der Waals surface area contributed by atoms with Crippen LogP contribution in [0, 0.1) is 11.6 Å². The van der Waals surface area contributed by atoms with E-state index in [1.807, 2.05) is 13.8 Å². The van der Waals surface area contributed by atoms with Crippen molar-refractivity contribution < 1.29 is 13.5 Å². The zero-order chi connectivity index (χ0) is 14.0. The highest BCUT2D eigenvalue weighted by Crippen LogP contribution is 2.23. The summed E-state index contributed by atoms with van der Waals surface area (Å²) < 4.78 is 31.5. The number of aromatic nitrogens is 2. The summed E-state index contributed by atoms with van der Waals surface area (Å²) in [5.41, 5.74) is -0.412. The van der Waals surface area contributed by atoms with Gasteiger partial charge in [0.25, 0.3) is 5.56 Å². The highest BCUT2D eigenvalue weighted by molar-refractivity contribution is 5.29. The Kier molecular flexibility index (Phi) is 3.59. The molecule has 6 heteroatoms. The number of H-pyrrole nitrogens is 1. The predicted molar refractivity (Wildman–Crippen MR) is 65.4 cm³/mol. The number of hydrogen-bond acceptors (Lipinski definition) is 3. The van der Waals surface area contributed by atoms with Crippen LogP contribution in [-0.2, 0) is 0 Å². The fraction of sp³-hybridized carbons (Fsp3) is 0.231. The zero-order valence-corrected chi connectivity index (χ0v) is 10.4. The second-order valence-electron chi connectivity index (χ2n) is 4.30. The van der Waals surface area contributed by atoms with Gasteiger partial charge in [-0.2, -0.15) is 4.98 Å². The van der Waals surface area contributed by atoms with Crippen LogP contribution < -0.4 is 10.3 Å². The van der Waals surface area contributed by atoms with E-state index in [1.54, 1.807) is 0 Å². The summed E-state index contributed by atoms with van der Waals surface area (Å²) in [7, 11) is 0. The average molecular weight is 266 g/mol. The second kappa shape index (κ2) is 5.17. The van der Waals surface area contributed by atoms with Crippen LogP contribution in [0.1, 0.15) is 25.6 Å². The first-order valence-electron chi connectivity index (χ1n) is 5.70. The van der Waals surface area contributed by atoms with Crippen LogP contribution in [0.3, 0.4) is 0 Å². The van der Waals surface area contributed by atoms with Crippen LogP contribution in [0.4, 0.5) is 8.78 Å². The normalized spacial score (nSPS) is 10.8. The smallest absolute Gasteiger partial charge is 0.254 e. The fourth-order valence-electron chi connectivity index (χ4n) is 1.45. The van der Waals surface area contributed by atoms with E-state index in [-0.39, 0.29) is 17.5 Å². The van der Waals surface area contributed by atoms with Crippen molar-refractivity contribution in [3.8, 4) is 11.6 Å². The standard InChI is InChI=1S/C13H12F2N2O2/c1-7(2)13-16-11(18)6-12(17-13)19-10-5-8(14)3-4-9(10)15/h3-7H,1-2H3,(H,16,17,18). The van der Waals surface area contributed by atoms with Gasteiger partial charge in [-0.1, -0.05) is 13.8 Å². The molecule has 0 aliphatic heterocycles. The number of benzene rings is 1. The maximum absolute atomic E-state index is 13.4. The molecule has 0 bridgehead atoms. The lowest BCUT2D eigenvalue weighted by molar-refractivity contribution is 0.418. The zero-order valence-electron chi connectivity index (χ0n) is 10.4. The summed E-state index contributed by atoms with van der Waals surface area (Å²) in [4.78, 5) is 18.0. The third kappa shape index (κ3) is 3.15. The quantitative estimate of drug-likeness (QED) is 0.929. The van der Waals surface area contributed by atoms with Gasteiger partial charge in [0.05, 0.1) is 6.07 Å². The van der Waals surface area contributed by atoms with Gasteiger partial charge in [0.2, 0.25) is 5.88 Å². The summed E-state index contributed by atoms with van der Waals surface area (Å²) >= 11 is 0. The fourth-order valence-corrected chi connectivity index (χ4v) is 1.45. The van der Waals surface area contributed by atoms with Crippen LogP contribution in [0.15, 0.2) is 29.1 Å². The number of nitrogens with zero attached hydrogens (tertiary/aromatic N) is 1. The molecule has 19 heavy (non-hydrogen) atoms. The van der Waals surface area contributed by atoms with E-state index in [4.69, 9.17) is 4.74 Å². The van der Waals surface area contributed by atoms with E-state index < -0.39 is 17.2 Å². The Morgan fingerprint density at radius 2 is 2.00 bits per heavy atom. The van der Waals surface area contributed by atoms with Gasteiger partial charge in [0.1, 0.15) is 11.6 Å². The van der Waals surface area contributed by atoms with Crippen molar-refractivity contribution in [3.05, 3.63) is 52.1 Å². The van der Waals surface area contributed by atoms with E-state index in [1.165, 1.54) is 0 Å². The van der Waals surface area contributed by atoms with Gasteiger partial charge in [-0.05, 0) is 12.1 Å². The molecule has 0 unspecified atom stereocenters. The average Bonchev–Trinajstić information content (AvgIpc) is 2.33. The van der Waals surface area contributed by atoms with Crippen molar-refractivity contribution in [2.45, 2.75) is 19.8 Å². The minimum Gasteiger partial charge on any atom is -0.436 e. The minimum absolute atomic E-state index is 0.0198. The van der Waals surface area contributed by atoms with E-state index >= 15 is 0 Å². The number of halogens is 2. The van der Waals surface area contributed by atoms with E-state index in [0.717, 1.165) is 24.3 Å². The molecule has 4 nitrogen and oxygen atoms in total. The molecule has 1 aromatic heterocycles. The maximum atomic E-state index is 13.4. The van der Waals surface area contributed by atoms with E-state index in [2.05, 4.69) is 9.97 Å². The monoisotopic (exact) mass is 266 g/mol. The number of ether oxygens (including phenoxy) is 1. The molecule has 0 aliphatic rings. The first kappa shape index (κ1) is 13.2. The van der Waals surface area contributed by atoms with Crippen LogP contribution in [-0.4, -0.2) is 9.97 Å². The van der Waals surface area contributed by atoms with Crippen LogP contribution in [0.25, 0.3) is 0 Å². The van der Waals surface area contributed by atoms with Gasteiger partial charge >= 0.3 is 0 Å². The Bertz CT molecular complexity index is 653. The van der Waals surface area contributed by atoms with Crippen LogP contribution >= 0.6 is 0 Å². The lowest BCUT2D eigenvalue weighted by atomic mass is 10.2. The van der Waals surface area contributed by atoms with Crippen LogP contribution in [0.5, 0.6) is 11.6 Å². The Morgan fingerprint density at radius 3 is 2.68 bits per heavy atom. The van der Waals surface area contributed by atoms with Gasteiger partial charge in [0.15, 0.2) is 11.6 Å². The van der Waals surface area contributed by atoms with Crippen molar-refractivity contribution in [2.75, 3.05) is 0 Å².